The third kappa shape index (κ3) is 5.75. The fourth-order valence-electron chi connectivity index (χ4n) is 2.05. The van der Waals surface area contributed by atoms with Crippen LogP contribution in [-0.4, -0.2) is 66.2 Å². The van der Waals surface area contributed by atoms with Crippen molar-refractivity contribution in [2.75, 3.05) is 26.7 Å². The van der Waals surface area contributed by atoms with Crippen LogP contribution in [0.25, 0.3) is 0 Å². The second-order valence-electron chi connectivity index (χ2n) is 5.84. The number of urea groups is 1. The van der Waals surface area contributed by atoms with Crippen LogP contribution in [0, 0.1) is 0 Å². The van der Waals surface area contributed by atoms with E-state index in [-0.39, 0.29) is 53.6 Å². The molecule has 0 atom stereocenters. The maximum Gasteiger partial charge on any atom is 1.00 e. The number of hydrogen-bond donors (Lipinski definition) is 1. The molecule has 0 saturated carbocycles. The Labute approximate surface area is 152 Å². The Hall–Kier alpha value is -0.830. The Bertz CT molecular complexity index is 418. The maximum absolute atomic E-state index is 11.7. The number of imide groups is 1. The maximum atomic E-state index is 11.7. The molecule has 0 spiro atoms. The molecule has 0 aromatic heterocycles. The van der Waals surface area contributed by atoms with Gasteiger partial charge in [-0.3, -0.25) is 10.1 Å². The summed E-state index contributed by atoms with van der Waals surface area (Å²) in [6.45, 7) is 6.76. The van der Waals surface area contributed by atoms with Gasteiger partial charge in [0.2, 0.25) is 5.91 Å². The third-order valence-corrected chi connectivity index (χ3v) is 3.04. The molecule has 0 radical (unpaired) electrons. The van der Waals surface area contributed by atoms with Crippen LogP contribution < -0.4 is 40.0 Å². The zero-order valence-corrected chi connectivity index (χ0v) is 15.8. The topological polar surface area (TPSA) is 102 Å². The second-order valence-corrected chi connectivity index (χ2v) is 5.84. The molecule has 120 valence electrons. The first-order chi connectivity index (χ1) is 9.76. The predicted octanol–water partition coefficient (Wildman–Crippen LogP) is -3.47. The van der Waals surface area contributed by atoms with Gasteiger partial charge in [0.1, 0.15) is 5.60 Å². The van der Waals surface area contributed by atoms with E-state index in [2.05, 4.69) is 5.32 Å². The molecule has 2 heterocycles. The summed E-state index contributed by atoms with van der Waals surface area (Å²) in [4.78, 5) is 37.5. The molecule has 8 nitrogen and oxygen atoms in total. The number of nitrogens with zero attached hydrogens (tertiary/aromatic N) is 2. The summed E-state index contributed by atoms with van der Waals surface area (Å²) in [7, 11) is 0.750. The molecule has 0 unspecified atom stereocenters. The number of carbonyl (C=O) groups is 3. The van der Waals surface area contributed by atoms with E-state index in [0.717, 1.165) is 7.11 Å². The third-order valence-electron chi connectivity index (χ3n) is 3.04. The Morgan fingerprint density at radius 2 is 1.82 bits per heavy atom. The van der Waals surface area contributed by atoms with Crippen LogP contribution in [-0.2, 0) is 9.53 Å². The van der Waals surface area contributed by atoms with Gasteiger partial charge in [-0.1, -0.05) is 0 Å². The zero-order valence-electron chi connectivity index (χ0n) is 13.8. The zero-order chi connectivity index (χ0) is 16.2. The van der Waals surface area contributed by atoms with Gasteiger partial charge in [-0.05, 0) is 20.8 Å². The average Bonchev–Trinajstić information content (AvgIpc) is 2.30. The van der Waals surface area contributed by atoms with Crippen molar-refractivity contribution in [3.05, 3.63) is 0 Å². The summed E-state index contributed by atoms with van der Waals surface area (Å²) in [6, 6.07) is -0.397. The first-order valence-electron chi connectivity index (χ1n) is 6.75. The van der Waals surface area contributed by atoms with Crippen molar-refractivity contribution in [3.63, 3.8) is 0 Å². The van der Waals surface area contributed by atoms with Gasteiger partial charge >= 0.3 is 41.7 Å². The van der Waals surface area contributed by atoms with Crippen LogP contribution in [0.4, 0.5) is 9.59 Å². The van der Waals surface area contributed by atoms with Crippen LogP contribution >= 0.6 is 0 Å². The monoisotopic (exact) mass is 323 g/mol. The van der Waals surface area contributed by atoms with Gasteiger partial charge in [-0.2, -0.15) is 7.11 Å². The average molecular weight is 323 g/mol. The standard InChI is InChI=1S/C12H19N3O4.CH3O.Na/c1-12(2,3)19-11(18)14-6-8(7-14)15-5-4-9(16)13-10(15)17;1-2;/h8H,4-7H2,1-3H3,(H,13,16,17);1H3;/q;-1;+1. The van der Waals surface area contributed by atoms with Crippen molar-refractivity contribution in [1.82, 2.24) is 15.1 Å². The molecular weight excluding hydrogens is 301 g/mol. The van der Waals surface area contributed by atoms with E-state index in [1.165, 1.54) is 0 Å². The first-order valence-corrected chi connectivity index (χ1v) is 6.75. The molecule has 0 aliphatic carbocycles. The molecule has 2 aliphatic heterocycles. The number of hydrogen-bond acceptors (Lipinski definition) is 5. The Morgan fingerprint density at radius 3 is 2.27 bits per heavy atom. The van der Waals surface area contributed by atoms with Gasteiger partial charge in [-0.15, -0.1) is 0 Å². The smallest absolute Gasteiger partial charge is 0.857 e. The van der Waals surface area contributed by atoms with Crippen LogP contribution in [0.2, 0.25) is 0 Å². The van der Waals surface area contributed by atoms with Gasteiger partial charge in [0.25, 0.3) is 0 Å². The normalized spacial score (nSPS) is 18.4. The number of rotatable bonds is 1. The molecule has 22 heavy (non-hydrogen) atoms. The minimum absolute atomic E-state index is 0. The summed E-state index contributed by atoms with van der Waals surface area (Å²) in [5, 5.41) is 10.5. The SMILES string of the molecule is CC(C)(C)OC(=O)N1CC(N2CCC(=O)NC2=O)C1.C[O-].[Na+]. The summed E-state index contributed by atoms with van der Waals surface area (Å²) >= 11 is 0. The molecule has 4 amide bonds. The molecule has 0 bridgehead atoms. The number of nitrogens with one attached hydrogen (secondary N) is 1. The summed E-state index contributed by atoms with van der Waals surface area (Å²) < 4.78 is 5.23. The van der Waals surface area contributed by atoms with E-state index in [4.69, 9.17) is 9.84 Å². The summed E-state index contributed by atoms with van der Waals surface area (Å²) in [6.07, 6.45) is -0.0495. The summed E-state index contributed by atoms with van der Waals surface area (Å²) in [5.41, 5.74) is -0.517. The van der Waals surface area contributed by atoms with Gasteiger partial charge in [0.15, 0.2) is 0 Å². The number of ether oxygens (including phenoxy) is 1. The van der Waals surface area contributed by atoms with E-state index in [9.17, 15) is 14.4 Å². The fraction of sp³-hybridized carbons (Fsp3) is 0.769. The molecular formula is C13H22N3NaO5. The van der Waals surface area contributed by atoms with Crippen molar-refractivity contribution in [1.29, 1.82) is 0 Å². The molecule has 2 fully saturated rings. The molecule has 2 rings (SSSR count). The van der Waals surface area contributed by atoms with Crippen LogP contribution in [0.15, 0.2) is 0 Å². The predicted molar refractivity (Wildman–Crippen MR) is 72.4 cm³/mol. The molecule has 1 N–H and O–H groups in total. The van der Waals surface area contributed by atoms with Crippen molar-refractivity contribution in [2.24, 2.45) is 0 Å². The van der Waals surface area contributed by atoms with E-state index >= 15 is 0 Å². The van der Waals surface area contributed by atoms with Crippen molar-refractivity contribution >= 4 is 18.0 Å². The van der Waals surface area contributed by atoms with Crippen molar-refractivity contribution in [2.45, 2.75) is 38.8 Å². The molecule has 0 aromatic rings. The van der Waals surface area contributed by atoms with Crippen LogP contribution in [0.5, 0.6) is 0 Å². The van der Waals surface area contributed by atoms with E-state index in [1.807, 2.05) is 20.8 Å². The van der Waals surface area contributed by atoms with Crippen molar-refractivity contribution < 1.29 is 53.8 Å². The fourth-order valence-corrected chi connectivity index (χ4v) is 2.05. The molecule has 2 aliphatic rings. The molecule has 2 saturated heterocycles. The van der Waals surface area contributed by atoms with Gasteiger partial charge < -0.3 is 19.6 Å². The number of likely N-dealkylation sites (tertiary alicyclic amines) is 1. The molecule has 9 heteroatoms. The minimum Gasteiger partial charge on any atom is -0.857 e. The minimum atomic E-state index is -0.517. The Kier molecular flexibility index (Phi) is 8.38. The van der Waals surface area contributed by atoms with Gasteiger partial charge in [-0.25, -0.2) is 9.59 Å². The number of amides is 4. The second kappa shape index (κ2) is 8.71. The number of carbonyl (C=O) groups excluding carboxylic acids is 3. The van der Waals surface area contributed by atoms with Gasteiger partial charge in [0.05, 0.1) is 6.04 Å². The van der Waals surface area contributed by atoms with E-state index in [1.54, 1.807) is 9.80 Å². The Morgan fingerprint density at radius 1 is 1.27 bits per heavy atom. The largest absolute Gasteiger partial charge is 1.00 e. The summed E-state index contributed by atoms with van der Waals surface area (Å²) in [5.74, 6) is -0.246. The quantitative estimate of drug-likeness (QED) is 0.505. The van der Waals surface area contributed by atoms with Crippen molar-refractivity contribution in [3.8, 4) is 0 Å². The first kappa shape index (κ1) is 21.2. The van der Waals surface area contributed by atoms with Gasteiger partial charge in [0, 0.05) is 26.1 Å². The van der Waals surface area contributed by atoms with Crippen LogP contribution in [0.3, 0.4) is 0 Å². The Balaban J connectivity index is 0.00000141. The molecule has 0 aromatic carbocycles. The van der Waals surface area contributed by atoms with E-state index < -0.39 is 5.60 Å². The van der Waals surface area contributed by atoms with E-state index in [0.29, 0.717) is 26.1 Å². The van der Waals surface area contributed by atoms with Crippen LogP contribution in [0.1, 0.15) is 27.2 Å².